The molecule has 2 heterocycles. The largest absolute Gasteiger partial charge is 0.492 e. The Hall–Kier alpha value is -2.92. The Bertz CT molecular complexity index is 1050. The van der Waals surface area contributed by atoms with Crippen molar-refractivity contribution in [3.63, 3.8) is 0 Å². The highest BCUT2D eigenvalue weighted by molar-refractivity contribution is 6.30. The van der Waals surface area contributed by atoms with E-state index in [4.69, 9.17) is 16.3 Å². The quantitative estimate of drug-likeness (QED) is 0.678. The third kappa shape index (κ3) is 3.04. The predicted octanol–water partition coefficient (Wildman–Crippen LogP) is 4.33. The molecule has 1 aromatic heterocycles. The number of carbonyl (C=O) groups excluding carboxylic acids is 2. The van der Waals surface area contributed by atoms with Crippen molar-refractivity contribution in [2.75, 3.05) is 11.5 Å². The second-order valence-electron chi connectivity index (χ2n) is 6.35. The molecular weight excluding hydrogens is 364 g/mol. The van der Waals surface area contributed by atoms with Gasteiger partial charge in [-0.1, -0.05) is 42.8 Å². The third-order valence-corrected chi connectivity index (χ3v) is 4.95. The smallest absolute Gasteiger partial charge is 0.244 e. The summed E-state index contributed by atoms with van der Waals surface area (Å²) < 4.78 is 5.64. The van der Waals surface area contributed by atoms with Gasteiger partial charge in [-0.15, -0.1) is 0 Å². The topological polar surface area (TPSA) is 59.5 Å². The molecule has 0 spiro atoms. The zero-order valence-corrected chi connectivity index (χ0v) is 15.4. The third-order valence-electron chi connectivity index (χ3n) is 4.71. The Morgan fingerprint density at radius 3 is 2.85 bits per heavy atom. The van der Waals surface area contributed by atoms with Crippen molar-refractivity contribution in [1.29, 1.82) is 0 Å². The molecule has 0 radical (unpaired) electrons. The number of imide groups is 1. The van der Waals surface area contributed by atoms with Gasteiger partial charge in [0.15, 0.2) is 0 Å². The normalized spacial score (nSPS) is 15.3. The molecule has 6 heteroatoms. The lowest BCUT2D eigenvalue weighted by Crippen LogP contribution is -2.40. The second kappa shape index (κ2) is 7.00. The molecule has 3 aromatic rings. The standard InChI is InChI=1S/C21H17ClN2O3/c1-2-20(25)24(18-11-23-10-13-5-3-4-6-15(13)18)21(26)17-12-27-19-8-7-14(22)9-16(17)19/h3-11,17H,2,12H2,1H3/t17-/m1/s1. The van der Waals surface area contributed by atoms with E-state index in [1.807, 2.05) is 24.3 Å². The molecule has 27 heavy (non-hydrogen) atoms. The number of hydrogen-bond acceptors (Lipinski definition) is 4. The number of halogens is 1. The van der Waals surface area contributed by atoms with Gasteiger partial charge in [-0.3, -0.25) is 14.6 Å². The van der Waals surface area contributed by atoms with Crippen molar-refractivity contribution in [1.82, 2.24) is 4.98 Å². The molecule has 0 saturated carbocycles. The number of carbonyl (C=O) groups is 2. The first-order valence-corrected chi connectivity index (χ1v) is 9.09. The number of pyridine rings is 1. The van der Waals surface area contributed by atoms with E-state index in [1.165, 1.54) is 4.90 Å². The fourth-order valence-corrected chi connectivity index (χ4v) is 3.54. The lowest BCUT2D eigenvalue weighted by atomic mass is 9.99. The van der Waals surface area contributed by atoms with Crippen LogP contribution in [0.2, 0.25) is 5.02 Å². The summed E-state index contributed by atoms with van der Waals surface area (Å²) in [6.07, 6.45) is 3.47. The van der Waals surface area contributed by atoms with Crippen LogP contribution in [0.25, 0.3) is 10.8 Å². The Morgan fingerprint density at radius 2 is 2.04 bits per heavy atom. The summed E-state index contributed by atoms with van der Waals surface area (Å²) in [6.45, 7) is 1.91. The number of rotatable bonds is 3. The average molecular weight is 381 g/mol. The Balaban J connectivity index is 1.81. The van der Waals surface area contributed by atoms with Gasteiger partial charge in [0.1, 0.15) is 18.3 Å². The first-order chi connectivity index (χ1) is 13.1. The SMILES string of the molecule is CCC(=O)N(C(=O)[C@@H]1COc2ccc(Cl)cc21)c1cncc2ccccc12. The van der Waals surface area contributed by atoms with E-state index in [9.17, 15) is 9.59 Å². The van der Waals surface area contributed by atoms with Crippen LogP contribution in [0.1, 0.15) is 24.8 Å². The highest BCUT2D eigenvalue weighted by atomic mass is 35.5. The fraction of sp³-hybridized carbons (Fsp3) is 0.190. The van der Waals surface area contributed by atoms with Crippen molar-refractivity contribution < 1.29 is 14.3 Å². The minimum Gasteiger partial charge on any atom is -0.492 e. The molecular formula is C21H17ClN2O3. The summed E-state index contributed by atoms with van der Waals surface area (Å²) >= 11 is 6.10. The summed E-state index contributed by atoms with van der Waals surface area (Å²) in [5.41, 5.74) is 1.19. The molecule has 0 bridgehead atoms. The number of fused-ring (bicyclic) bond motifs is 2. The lowest BCUT2D eigenvalue weighted by molar-refractivity contribution is -0.127. The van der Waals surface area contributed by atoms with Crippen molar-refractivity contribution in [3.8, 4) is 5.75 Å². The number of anilines is 1. The maximum absolute atomic E-state index is 13.4. The van der Waals surface area contributed by atoms with Gasteiger partial charge in [0.05, 0.1) is 11.9 Å². The van der Waals surface area contributed by atoms with Crippen molar-refractivity contribution in [2.24, 2.45) is 0 Å². The minimum atomic E-state index is -0.590. The van der Waals surface area contributed by atoms with Crippen LogP contribution in [-0.4, -0.2) is 23.4 Å². The van der Waals surface area contributed by atoms with Crippen LogP contribution in [0.4, 0.5) is 5.69 Å². The Labute approximate surface area is 161 Å². The molecule has 1 aliphatic heterocycles. The number of ether oxygens (including phenoxy) is 1. The van der Waals surface area contributed by atoms with Crippen molar-refractivity contribution in [3.05, 3.63) is 65.4 Å². The van der Waals surface area contributed by atoms with Crippen LogP contribution >= 0.6 is 11.6 Å². The summed E-state index contributed by atoms with van der Waals surface area (Å²) in [7, 11) is 0. The van der Waals surface area contributed by atoms with Crippen LogP contribution < -0.4 is 9.64 Å². The molecule has 0 fully saturated rings. The summed E-state index contributed by atoms with van der Waals surface area (Å²) in [6, 6.07) is 12.7. The van der Waals surface area contributed by atoms with E-state index in [-0.39, 0.29) is 24.8 Å². The first-order valence-electron chi connectivity index (χ1n) is 8.72. The average Bonchev–Trinajstić information content (AvgIpc) is 3.11. The van der Waals surface area contributed by atoms with E-state index in [2.05, 4.69) is 4.98 Å². The zero-order valence-electron chi connectivity index (χ0n) is 14.7. The van der Waals surface area contributed by atoms with Gasteiger partial charge in [0.25, 0.3) is 0 Å². The van der Waals surface area contributed by atoms with Crippen LogP contribution in [0.3, 0.4) is 0 Å². The van der Waals surface area contributed by atoms with Gasteiger partial charge in [-0.2, -0.15) is 0 Å². The summed E-state index contributed by atoms with van der Waals surface area (Å²) in [5.74, 6) is -0.583. The zero-order chi connectivity index (χ0) is 19.0. The maximum Gasteiger partial charge on any atom is 0.244 e. The molecule has 136 valence electrons. The number of amides is 2. The molecule has 0 aliphatic carbocycles. The second-order valence-corrected chi connectivity index (χ2v) is 6.78. The van der Waals surface area contributed by atoms with Gasteiger partial charge < -0.3 is 4.74 Å². The predicted molar refractivity (Wildman–Crippen MR) is 104 cm³/mol. The van der Waals surface area contributed by atoms with E-state index >= 15 is 0 Å². The fourth-order valence-electron chi connectivity index (χ4n) is 3.36. The molecule has 2 amide bonds. The number of nitrogens with zero attached hydrogens (tertiary/aromatic N) is 2. The summed E-state index contributed by atoms with van der Waals surface area (Å²) in [4.78, 5) is 31.6. The Kier molecular flexibility index (Phi) is 4.54. The van der Waals surface area contributed by atoms with E-state index in [1.54, 1.807) is 37.5 Å². The highest BCUT2D eigenvalue weighted by Crippen LogP contribution is 2.38. The Morgan fingerprint density at radius 1 is 1.22 bits per heavy atom. The molecule has 4 rings (SSSR count). The van der Waals surface area contributed by atoms with Crippen LogP contribution in [0.5, 0.6) is 5.75 Å². The van der Waals surface area contributed by atoms with Crippen LogP contribution in [-0.2, 0) is 9.59 Å². The molecule has 2 aromatic carbocycles. The minimum absolute atomic E-state index is 0.181. The van der Waals surface area contributed by atoms with E-state index in [0.29, 0.717) is 22.0 Å². The van der Waals surface area contributed by atoms with Gasteiger partial charge in [-0.05, 0) is 18.2 Å². The van der Waals surface area contributed by atoms with Gasteiger partial charge >= 0.3 is 0 Å². The van der Waals surface area contributed by atoms with Crippen LogP contribution in [0.15, 0.2) is 54.9 Å². The number of aromatic nitrogens is 1. The first kappa shape index (κ1) is 17.5. The highest BCUT2D eigenvalue weighted by Gasteiger charge is 2.37. The van der Waals surface area contributed by atoms with Crippen molar-refractivity contribution >= 4 is 39.9 Å². The van der Waals surface area contributed by atoms with Crippen LogP contribution in [0, 0.1) is 0 Å². The monoisotopic (exact) mass is 380 g/mol. The van der Waals surface area contributed by atoms with Gasteiger partial charge in [0.2, 0.25) is 11.8 Å². The van der Waals surface area contributed by atoms with Gasteiger partial charge in [-0.25, -0.2) is 4.90 Å². The molecule has 5 nitrogen and oxygen atoms in total. The number of benzene rings is 2. The molecule has 0 unspecified atom stereocenters. The molecule has 0 N–H and O–H groups in total. The van der Waals surface area contributed by atoms with Crippen molar-refractivity contribution in [2.45, 2.75) is 19.3 Å². The molecule has 0 saturated heterocycles. The van der Waals surface area contributed by atoms with E-state index in [0.717, 1.165) is 10.8 Å². The summed E-state index contributed by atoms with van der Waals surface area (Å²) in [5, 5.41) is 2.19. The molecule has 1 atom stereocenters. The lowest BCUT2D eigenvalue weighted by Gasteiger charge is -2.24. The van der Waals surface area contributed by atoms with Gasteiger partial charge in [0, 0.05) is 34.0 Å². The van der Waals surface area contributed by atoms with E-state index < -0.39 is 5.92 Å². The maximum atomic E-state index is 13.4. The molecule has 1 aliphatic rings. The number of hydrogen-bond donors (Lipinski definition) is 0.